The van der Waals surface area contributed by atoms with Crippen LogP contribution in [0.1, 0.15) is 12.0 Å². The minimum Gasteiger partial charge on any atom is -0.369 e. The van der Waals surface area contributed by atoms with Gasteiger partial charge < -0.3 is 5.73 Å². The summed E-state index contributed by atoms with van der Waals surface area (Å²) in [5, 5.41) is 2.07. The molecule has 1 aromatic carbocycles. The van der Waals surface area contributed by atoms with Gasteiger partial charge in [0.05, 0.1) is 6.42 Å². The molecule has 0 unspecified atom stereocenters. The van der Waals surface area contributed by atoms with Crippen LogP contribution in [-0.2, 0) is 4.79 Å². The van der Waals surface area contributed by atoms with Crippen LogP contribution >= 0.6 is 0 Å². The first-order valence-corrected chi connectivity index (χ1v) is 4.87. The smallest absolute Gasteiger partial charge is 0.229 e. The molecule has 1 amide bonds. The number of benzene rings is 1. The van der Waals surface area contributed by atoms with Crippen molar-refractivity contribution < 1.29 is 4.79 Å². The maximum Gasteiger partial charge on any atom is 0.229 e. The molecule has 1 aromatic heterocycles. The topological polar surface area (TPSA) is 56.0 Å². The lowest BCUT2D eigenvalue weighted by Gasteiger charge is -1.98. The van der Waals surface area contributed by atoms with Gasteiger partial charge in [-0.3, -0.25) is 9.78 Å². The average molecular weight is 210 g/mol. The summed E-state index contributed by atoms with van der Waals surface area (Å²) in [4.78, 5) is 14.6. The molecule has 0 saturated carbocycles. The van der Waals surface area contributed by atoms with Crippen LogP contribution in [0.3, 0.4) is 0 Å². The molecule has 0 spiro atoms. The van der Waals surface area contributed by atoms with E-state index in [1.165, 1.54) is 0 Å². The van der Waals surface area contributed by atoms with Crippen LogP contribution in [-0.4, -0.2) is 10.9 Å². The zero-order valence-electron chi connectivity index (χ0n) is 8.60. The van der Waals surface area contributed by atoms with Gasteiger partial charge in [0.15, 0.2) is 0 Å². The van der Waals surface area contributed by atoms with Gasteiger partial charge in [0.1, 0.15) is 0 Å². The summed E-state index contributed by atoms with van der Waals surface area (Å²) in [6.45, 7) is 0. The highest BCUT2D eigenvalue weighted by molar-refractivity contribution is 5.87. The molecule has 2 N–H and O–H groups in total. The Hall–Kier alpha value is -2.34. The Morgan fingerprint density at radius 3 is 3.06 bits per heavy atom. The lowest BCUT2D eigenvalue weighted by atomic mass is 10.1. The summed E-state index contributed by atoms with van der Waals surface area (Å²) >= 11 is 0. The molecule has 0 aliphatic heterocycles. The summed E-state index contributed by atoms with van der Waals surface area (Å²) in [7, 11) is 0. The lowest BCUT2D eigenvalue weighted by Crippen LogP contribution is -2.08. The van der Waals surface area contributed by atoms with Crippen LogP contribution in [0.5, 0.6) is 0 Å². The van der Waals surface area contributed by atoms with Gasteiger partial charge in [-0.15, -0.1) is 0 Å². The van der Waals surface area contributed by atoms with E-state index in [1.54, 1.807) is 12.4 Å². The summed E-state index contributed by atoms with van der Waals surface area (Å²) < 4.78 is 0. The van der Waals surface area contributed by atoms with Crippen molar-refractivity contribution in [2.24, 2.45) is 5.73 Å². The molecule has 0 saturated heterocycles. The molecule has 3 nitrogen and oxygen atoms in total. The Balaban J connectivity index is 2.43. The number of primary amides is 1. The Labute approximate surface area is 93.3 Å². The fourth-order valence-electron chi connectivity index (χ4n) is 1.45. The summed E-state index contributed by atoms with van der Waals surface area (Å²) in [6.07, 6.45) is 3.59. The van der Waals surface area contributed by atoms with Crippen LogP contribution in [0.2, 0.25) is 0 Å². The quantitative estimate of drug-likeness (QED) is 0.724. The number of carbonyl (C=O) groups is 1. The third kappa shape index (κ3) is 2.18. The highest BCUT2D eigenvalue weighted by Gasteiger charge is 1.96. The minimum atomic E-state index is -0.411. The fraction of sp³-hybridized carbons (Fsp3) is 0.0769. The number of fused-ring (bicyclic) bond motifs is 1. The van der Waals surface area contributed by atoms with E-state index >= 15 is 0 Å². The third-order valence-electron chi connectivity index (χ3n) is 2.17. The van der Waals surface area contributed by atoms with Crippen LogP contribution in [0, 0.1) is 11.8 Å². The number of hydrogen-bond donors (Lipinski definition) is 1. The van der Waals surface area contributed by atoms with Crippen molar-refractivity contribution in [3.63, 3.8) is 0 Å². The van der Waals surface area contributed by atoms with Crippen molar-refractivity contribution >= 4 is 16.7 Å². The average Bonchev–Trinajstić information content (AvgIpc) is 2.29. The van der Waals surface area contributed by atoms with Crippen LogP contribution < -0.4 is 5.73 Å². The predicted octanol–water partition coefficient (Wildman–Crippen LogP) is 1.46. The number of aromatic nitrogens is 1. The van der Waals surface area contributed by atoms with Crippen molar-refractivity contribution in [1.29, 1.82) is 0 Å². The first-order valence-electron chi connectivity index (χ1n) is 4.87. The molecule has 0 bridgehead atoms. The maximum absolute atomic E-state index is 10.6. The zero-order chi connectivity index (χ0) is 11.4. The Morgan fingerprint density at radius 1 is 1.38 bits per heavy atom. The second kappa shape index (κ2) is 4.45. The number of pyridine rings is 1. The first kappa shape index (κ1) is 10.2. The molecule has 0 aliphatic carbocycles. The van der Waals surface area contributed by atoms with Gasteiger partial charge in [-0.2, -0.15) is 0 Å². The summed E-state index contributed by atoms with van der Waals surface area (Å²) in [5.41, 5.74) is 5.88. The van der Waals surface area contributed by atoms with E-state index in [0.29, 0.717) is 0 Å². The van der Waals surface area contributed by atoms with Crippen LogP contribution in [0.15, 0.2) is 36.7 Å². The van der Waals surface area contributed by atoms with Gasteiger partial charge in [0.25, 0.3) is 0 Å². The van der Waals surface area contributed by atoms with E-state index in [1.807, 2.05) is 24.3 Å². The van der Waals surface area contributed by atoms with E-state index in [0.717, 1.165) is 16.3 Å². The van der Waals surface area contributed by atoms with Crippen molar-refractivity contribution in [2.45, 2.75) is 6.42 Å². The predicted molar refractivity (Wildman–Crippen MR) is 62.4 cm³/mol. The van der Waals surface area contributed by atoms with E-state index in [2.05, 4.69) is 16.8 Å². The van der Waals surface area contributed by atoms with Crippen molar-refractivity contribution in [1.82, 2.24) is 4.98 Å². The molecular formula is C13H10N2O. The van der Waals surface area contributed by atoms with Crippen LogP contribution in [0.4, 0.5) is 0 Å². The Bertz CT molecular complexity index is 588. The molecule has 0 atom stereocenters. The van der Waals surface area contributed by atoms with Crippen LogP contribution in [0.25, 0.3) is 10.8 Å². The standard InChI is InChI=1S/C13H10N2O/c14-13(16)6-2-5-10-3-1-4-11-7-8-15-9-12(10)11/h1,3-4,7-9H,6H2,(H2,14,16). The normalized spacial score (nSPS) is 9.50. The Kier molecular flexibility index (Phi) is 2.84. The fourth-order valence-corrected chi connectivity index (χ4v) is 1.45. The van der Waals surface area contributed by atoms with E-state index < -0.39 is 5.91 Å². The molecule has 16 heavy (non-hydrogen) atoms. The first-order chi connectivity index (χ1) is 7.77. The molecule has 3 heteroatoms. The van der Waals surface area contributed by atoms with Crippen molar-refractivity contribution in [2.75, 3.05) is 0 Å². The van der Waals surface area contributed by atoms with Crippen molar-refractivity contribution in [3.8, 4) is 11.8 Å². The zero-order valence-corrected chi connectivity index (χ0v) is 8.60. The number of amides is 1. The second-order valence-electron chi connectivity index (χ2n) is 3.35. The number of rotatable bonds is 1. The second-order valence-corrected chi connectivity index (χ2v) is 3.35. The van der Waals surface area contributed by atoms with E-state index in [4.69, 9.17) is 5.73 Å². The van der Waals surface area contributed by atoms with Gasteiger partial charge in [-0.25, -0.2) is 0 Å². The largest absolute Gasteiger partial charge is 0.369 e. The minimum absolute atomic E-state index is 0.0800. The van der Waals surface area contributed by atoms with Gasteiger partial charge in [0.2, 0.25) is 5.91 Å². The van der Waals surface area contributed by atoms with Gasteiger partial charge in [-0.05, 0) is 17.5 Å². The highest BCUT2D eigenvalue weighted by atomic mass is 16.1. The Morgan fingerprint density at radius 2 is 2.25 bits per heavy atom. The molecule has 78 valence electrons. The van der Waals surface area contributed by atoms with E-state index in [9.17, 15) is 4.79 Å². The molecule has 2 aromatic rings. The number of nitrogens with zero attached hydrogens (tertiary/aromatic N) is 1. The number of carbonyl (C=O) groups excluding carboxylic acids is 1. The highest BCUT2D eigenvalue weighted by Crippen LogP contribution is 2.15. The maximum atomic E-state index is 10.6. The summed E-state index contributed by atoms with van der Waals surface area (Å²) in [5.74, 6) is 5.26. The molecule has 0 radical (unpaired) electrons. The summed E-state index contributed by atoms with van der Waals surface area (Å²) in [6, 6.07) is 7.75. The van der Waals surface area contributed by atoms with Crippen molar-refractivity contribution in [3.05, 3.63) is 42.2 Å². The van der Waals surface area contributed by atoms with Gasteiger partial charge in [-0.1, -0.05) is 24.0 Å². The number of nitrogens with two attached hydrogens (primary N) is 1. The molecule has 1 heterocycles. The molecular weight excluding hydrogens is 200 g/mol. The number of hydrogen-bond acceptors (Lipinski definition) is 2. The molecule has 0 fully saturated rings. The monoisotopic (exact) mass is 210 g/mol. The molecule has 0 aliphatic rings. The molecule has 2 rings (SSSR count). The SMILES string of the molecule is NC(=O)CC#Cc1cccc2ccncc12. The van der Waals surface area contributed by atoms with Gasteiger partial charge in [0, 0.05) is 23.3 Å². The van der Waals surface area contributed by atoms with E-state index in [-0.39, 0.29) is 6.42 Å². The lowest BCUT2D eigenvalue weighted by molar-refractivity contribution is -0.117. The third-order valence-corrected chi connectivity index (χ3v) is 2.17. The van der Waals surface area contributed by atoms with Gasteiger partial charge >= 0.3 is 0 Å².